The molecule has 208 valence electrons. The first-order valence-corrected chi connectivity index (χ1v) is 13.7. The van der Waals surface area contributed by atoms with Crippen molar-refractivity contribution in [3.8, 4) is 23.0 Å². The Morgan fingerprint density at radius 3 is 2.41 bits per heavy atom. The van der Waals surface area contributed by atoms with Crippen molar-refractivity contribution in [3.05, 3.63) is 119 Å². The van der Waals surface area contributed by atoms with E-state index in [2.05, 4.69) is 72.4 Å². The molecule has 1 N–H and O–H groups in total. The van der Waals surface area contributed by atoms with Crippen LogP contribution in [0.15, 0.2) is 91.1 Å². The second-order valence-electron chi connectivity index (χ2n) is 10.1. The molecule has 0 spiro atoms. The number of nitrogens with zero attached hydrogens (tertiary/aromatic N) is 4. The van der Waals surface area contributed by atoms with Gasteiger partial charge in [-0.3, -0.25) is 0 Å². The number of urea groups is 1. The number of ether oxygens (including phenoxy) is 2. The molecule has 1 aliphatic heterocycles. The van der Waals surface area contributed by atoms with Gasteiger partial charge in [0.1, 0.15) is 5.82 Å². The minimum atomic E-state index is -0.341. The van der Waals surface area contributed by atoms with Gasteiger partial charge in [0.15, 0.2) is 11.5 Å². The normalized spacial score (nSPS) is 14.1. The van der Waals surface area contributed by atoms with Crippen LogP contribution in [-0.4, -0.2) is 39.5 Å². The number of hydrogen-bond acceptors (Lipinski definition) is 4. The minimum absolute atomic E-state index is 0.224. The first-order chi connectivity index (χ1) is 20.0. The van der Waals surface area contributed by atoms with E-state index in [4.69, 9.17) is 14.6 Å². The van der Waals surface area contributed by atoms with E-state index < -0.39 is 0 Å². The number of amides is 2. The fraction of sp³-hybridized carbons (Fsp3) is 0.212. The maximum Gasteiger partial charge on any atom is 0.322 e. The van der Waals surface area contributed by atoms with E-state index in [9.17, 15) is 4.79 Å². The molecule has 1 aliphatic rings. The number of aromatic nitrogens is 3. The average Bonchev–Trinajstić information content (AvgIpc) is 3.59. The summed E-state index contributed by atoms with van der Waals surface area (Å²) < 4.78 is 15.0. The Bertz CT molecular complexity index is 1690. The quantitative estimate of drug-likeness (QED) is 0.257. The molecule has 6 rings (SSSR count). The van der Waals surface area contributed by atoms with Gasteiger partial charge in [-0.05, 0) is 55.3 Å². The largest absolute Gasteiger partial charge is 0.493 e. The Labute approximate surface area is 239 Å². The molecule has 0 bridgehead atoms. The minimum Gasteiger partial charge on any atom is -0.493 e. The van der Waals surface area contributed by atoms with E-state index in [1.54, 1.807) is 26.4 Å². The predicted molar refractivity (Wildman–Crippen MR) is 159 cm³/mol. The molecule has 0 fully saturated rings. The van der Waals surface area contributed by atoms with Crippen molar-refractivity contribution in [1.82, 2.24) is 19.2 Å². The summed E-state index contributed by atoms with van der Waals surface area (Å²) in [4.78, 5) is 16.1. The van der Waals surface area contributed by atoms with E-state index >= 15 is 0 Å². The Balaban J connectivity index is 1.51. The first-order valence-electron chi connectivity index (χ1n) is 13.7. The van der Waals surface area contributed by atoms with Crippen LogP contribution >= 0.6 is 0 Å². The summed E-state index contributed by atoms with van der Waals surface area (Å²) in [6.07, 6.45) is 2.80. The van der Waals surface area contributed by atoms with Gasteiger partial charge in [-0.25, -0.2) is 9.48 Å². The number of rotatable bonds is 6. The third kappa shape index (κ3) is 4.71. The maximum absolute atomic E-state index is 14.2. The molecule has 8 nitrogen and oxygen atoms in total. The van der Waals surface area contributed by atoms with Crippen LogP contribution in [0.3, 0.4) is 0 Å². The highest BCUT2D eigenvalue weighted by Crippen LogP contribution is 2.39. The smallest absolute Gasteiger partial charge is 0.322 e. The number of hydrogen-bond donors (Lipinski definition) is 1. The highest BCUT2D eigenvalue weighted by Gasteiger charge is 2.36. The van der Waals surface area contributed by atoms with Crippen LogP contribution in [0, 0.1) is 6.92 Å². The lowest BCUT2D eigenvalue weighted by Crippen LogP contribution is -2.38. The Kier molecular flexibility index (Phi) is 6.97. The van der Waals surface area contributed by atoms with E-state index in [1.807, 2.05) is 39.9 Å². The van der Waals surface area contributed by atoms with E-state index in [0.29, 0.717) is 23.7 Å². The van der Waals surface area contributed by atoms with Crippen molar-refractivity contribution in [2.45, 2.75) is 32.9 Å². The third-order valence-electron chi connectivity index (χ3n) is 7.59. The highest BCUT2D eigenvalue weighted by molar-refractivity contribution is 5.90. The van der Waals surface area contributed by atoms with Crippen molar-refractivity contribution in [1.29, 1.82) is 0 Å². The lowest BCUT2D eigenvalue weighted by molar-refractivity contribution is 0.194. The Hall–Kier alpha value is -4.98. The lowest BCUT2D eigenvalue weighted by atomic mass is 10.0. The molecule has 0 aliphatic carbocycles. The molecular formula is C33H33N5O3. The van der Waals surface area contributed by atoms with E-state index in [1.165, 1.54) is 0 Å². The van der Waals surface area contributed by atoms with Gasteiger partial charge in [-0.15, -0.1) is 0 Å². The second-order valence-corrected chi connectivity index (χ2v) is 10.1. The third-order valence-corrected chi connectivity index (χ3v) is 7.59. The second kappa shape index (κ2) is 10.9. The van der Waals surface area contributed by atoms with Crippen molar-refractivity contribution in [2.24, 2.45) is 0 Å². The molecule has 2 aromatic heterocycles. The number of anilines is 1. The summed E-state index contributed by atoms with van der Waals surface area (Å²) in [7, 11) is 3.17. The first kappa shape index (κ1) is 26.3. The van der Waals surface area contributed by atoms with Crippen LogP contribution in [0.4, 0.5) is 10.5 Å². The van der Waals surface area contributed by atoms with Gasteiger partial charge < -0.3 is 24.3 Å². The number of benzene rings is 3. The number of aryl methyl sites for hydroxylation is 2. The van der Waals surface area contributed by atoms with Crippen LogP contribution < -0.4 is 14.8 Å². The summed E-state index contributed by atoms with van der Waals surface area (Å²) >= 11 is 0. The van der Waals surface area contributed by atoms with Crippen molar-refractivity contribution in [2.75, 3.05) is 19.5 Å². The number of carbonyl (C=O) groups is 1. The zero-order chi connectivity index (χ0) is 28.5. The van der Waals surface area contributed by atoms with Crippen LogP contribution in [0.5, 0.6) is 11.5 Å². The molecule has 41 heavy (non-hydrogen) atoms. The zero-order valence-electron chi connectivity index (χ0n) is 23.7. The van der Waals surface area contributed by atoms with Gasteiger partial charge in [0.25, 0.3) is 0 Å². The van der Waals surface area contributed by atoms with E-state index in [0.717, 1.165) is 46.0 Å². The molecule has 2 amide bonds. The van der Waals surface area contributed by atoms with Crippen LogP contribution in [-0.2, 0) is 13.0 Å². The van der Waals surface area contributed by atoms with Crippen LogP contribution in [0.25, 0.3) is 11.5 Å². The SMILES string of the molecule is CCc1nn(-c2ccccc2)c2c1CN(C(=O)Nc1ccc(OC)c(OC)c1)[C@H](c1ccc(C)cc1)c1cccn1-2. The summed E-state index contributed by atoms with van der Waals surface area (Å²) in [6, 6.07) is 27.5. The van der Waals surface area contributed by atoms with Gasteiger partial charge in [-0.1, -0.05) is 55.0 Å². The summed E-state index contributed by atoms with van der Waals surface area (Å²) in [5.41, 5.74) is 6.73. The fourth-order valence-corrected chi connectivity index (χ4v) is 5.56. The van der Waals surface area contributed by atoms with Crippen molar-refractivity contribution >= 4 is 11.7 Å². The van der Waals surface area contributed by atoms with Crippen LogP contribution in [0.2, 0.25) is 0 Å². The number of nitrogens with one attached hydrogen (secondary N) is 1. The standard InChI is InChI=1S/C33H33N5O3/c1-5-27-26-21-37(33(39)34-24-17-18-29(40-3)30(20-24)41-4)31(23-15-13-22(2)14-16-23)28-12-9-19-36(28)32(26)38(35-27)25-10-7-6-8-11-25/h6-20,31H,5,21H2,1-4H3,(H,34,39)/t31-/m1/s1. The summed E-state index contributed by atoms with van der Waals surface area (Å²) in [6.45, 7) is 4.55. The highest BCUT2D eigenvalue weighted by atomic mass is 16.5. The van der Waals surface area contributed by atoms with Gasteiger partial charge in [0.2, 0.25) is 0 Å². The van der Waals surface area contributed by atoms with Crippen molar-refractivity contribution in [3.63, 3.8) is 0 Å². The number of carbonyl (C=O) groups excluding carboxylic acids is 1. The summed E-state index contributed by atoms with van der Waals surface area (Å²) in [5.74, 6) is 2.09. The van der Waals surface area contributed by atoms with Gasteiger partial charge in [0.05, 0.1) is 43.9 Å². The molecule has 0 saturated heterocycles. The van der Waals surface area contributed by atoms with E-state index in [-0.39, 0.29) is 12.1 Å². The van der Waals surface area contributed by atoms with Gasteiger partial charge >= 0.3 is 6.03 Å². The molecule has 0 saturated carbocycles. The predicted octanol–water partition coefficient (Wildman–Crippen LogP) is 6.69. The number of methoxy groups -OCH3 is 2. The lowest BCUT2D eigenvalue weighted by Gasteiger charge is -2.31. The number of fused-ring (bicyclic) bond motifs is 3. The van der Waals surface area contributed by atoms with Crippen LogP contribution in [0.1, 0.15) is 41.0 Å². The zero-order valence-corrected chi connectivity index (χ0v) is 23.7. The van der Waals surface area contributed by atoms with Crippen molar-refractivity contribution < 1.29 is 14.3 Å². The van der Waals surface area contributed by atoms with Gasteiger partial charge in [-0.2, -0.15) is 5.10 Å². The molecule has 8 heteroatoms. The average molecular weight is 548 g/mol. The molecule has 1 atom stereocenters. The molecule has 0 unspecified atom stereocenters. The Morgan fingerprint density at radius 1 is 0.951 bits per heavy atom. The molecular weight excluding hydrogens is 514 g/mol. The maximum atomic E-state index is 14.2. The fourth-order valence-electron chi connectivity index (χ4n) is 5.56. The molecule has 3 heterocycles. The topological polar surface area (TPSA) is 73.6 Å². The monoisotopic (exact) mass is 547 g/mol. The molecule has 3 aromatic carbocycles. The molecule has 5 aromatic rings. The molecule has 0 radical (unpaired) electrons. The number of para-hydroxylation sites is 1. The summed E-state index contributed by atoms with van der Waals surface area (Å²) in [5, 5.41) is 8.16. The van der Waals surface area contributed by atoms with Gasteiger partial charge in [0, 0.05) is 23.5 Å². The Morgan fingerprint density at radius 2 is 1.71 bits per heavy atom.